The highest BCUT2D eigenvalue weighted by atomic mass is 14.2. The first-order valence-corrected chi connectivity index (χ1v) is 9.50. The molecule has 5 aromatic carbocycles. The molecule has 0 fully saturated rings. The first-order valence-electron chi connectivity index (χ1n) is 9.50. The molecule has 0 aliphatic heterocycles. The molecular formula is C27H18. The van der Waals surface area contributed by atoms with E-state index in [-0.39, 0.29) is 0 Å². The zero-order valence-electron chi connectivity index (χ0n) is 14.9. The van der Waals surface area contributed by atoms with E-state index in [1.165, 1.54) is 54.9 Å². The summed E-state index contributed by atoms with van der Waals surface area (Å²) in [6, 6.07) is 35.5. The third kappa shape index (κ3) is 2.17. The van der Waals surface area contributed by atoms with Gasteiger partial charge in [0.25, 0.3) is 0 Å². The lowest BCUT2D eigenvalue weighted by atomic mass is 9.93. The average molecular weight is 342 g/mol. The van der Waals surface area contributed by atoms with Crippen LogP contribution in [0.3, 0.4) is 0 Å². The van der Waals surface area contributed by atoms with Crippen molar-refractivity contribution < 1.29 is 0 Å². The number of hydrogen-bond donors (Lipinski definition) is 0. The van der Waals surface area contributed by atoms with Gasteiger partial charge in [-0.1, -0.05) is 91.0 Å². The van der Waals surface area contributed by atoms with E-state index in [1.54, 1.807) is 0 Å². The Morgan fingerprint density at radius 1 is 0.481 bits per heavy atom. The van der Waals surface area contributed by atoms with Crippen LogP contribution in [-0.4, -0.2) is 0 Å². The van der Waals surface area contributed by atoms with Gasteiger partial charge in [-0.05, 0) is 67.4 Å². The van der Waals surface area contributed by atoms with Crippen LogP contribution in [0.15, 0.2) is 97.1 Å². The predicted octanol–water partition coefficient (Wildman–Crippen LogP) is 7.23. The number of fused-ring (bicyclic) bond motifs is 6. The van der Waals surface area contributed by atoms with Crippen LogP contribution in [0.2, 0.25) is 0 Å². The van der Waals surface area contributed by atoms with Gasteiger partial charge in [0.15, 0.2) is 0 Å². The Labute approximate surface area is 158 Å². The summed E-state index contributed by atoms with van der Waals surface area (Å²) >= 11 is 0. The lowest BCUT2D eigenvalue weighted by Gasteiger charge is -2.11. The summed E-state index contributed by atoms with van der Waals surface area (Å²) in [5.41, 5.74) is 8.30. The van der Waals surface area contributed by atoms with Crippen molar-refractivity contribution in [1.29, 1.82) is 0 Å². The standard InChI is InChI=1S/C27H18/c1-3-9-23-18(6-1)8-5-11-24(23)21-14-13-20-16-22-15-12-19-7-2-4-10-25(19)27(22)26(20)17-21/h1-15,17H,16H2. The fourth-order valence-corrected chi connectivity index (χ4v) is 4.60. The Morgan fingerprint density at radius 2 is 1.19 bits per heavy atom. The molecule has 1 aliphatic rings. The summed E-state index contributed by atoms with van der Waals surface area (Å²) < 4.78 is 0. The van der Waals surface area contributed by atoms with Gasteiger partial charge in [-0.25, -0.2) is 0 Å². The summed E-state index contributed by atoms with van der Waals surface area (Å²) in [4.78, 5) is 0. The highest BCUT2D eigenvalue weighted by Crippen LogP contribution is 2.43. The van der Waals surface area contributed by atoms with Crippen molar-refractivity contribution in [1.82, 2.24) is 0 Å². The number of hydrogen-bond acceptors (Lipinski definition) is 0. The van der Waals surface area contributed by atoms with Crippen LogP contribution in [0.5, 0.6) is 0 Å². The monoisotopic (exact) mass is 342 g/mol. The molecule has 0 N–H and O–H groups in total. The SMILES string of the molecule is c1ccc2c(-c3ccc4c(c3)-c3c(ccc5ccccc35)C4)cccc2c1. The van der Waals surface area contributed by atoms with E-state index in [1.807, 2.05) is 0 Å². The van der Waals surface area contributed by atoms with Gasteiger partial charge in [0.2, 0.25) is 0 Å². The third-order valence-corrected chi connectivity index (χ3v) is 5.88. The van der Waals surface area contributed by atoms with E-state index in [4.69, 9.17) is 0 Å². The highest BCUT2D eigenvalue weighted by Gasteiger charge is 2.21. The second-order valence-corrected chi connectivity index (χ2v) is 7.40. The highest BCUT2D eigenvalue weighted by molar-refractivity contribution is 6.03. The van der Waals surface area contributed by atoms with Crippen molar-refractivity contribution in [3.63, 3.8) is 0 Å². The normalized spacial score (nSPS) is 12.3. The van der Waals surface area contributed by atoms with Gasteiger partial charge in [0, 0.05) is 0 Å². The lowest BCUT2D eigenvalue weighted by molar-refractivity contribution is 1.27. The lowest BCUT2D eigenvalue weighted by Crippen LogP contribution is -1.85. The Bertz CT molecular complexity index is 1340. The minimum absolute atomic E-state index is 1.03. The van der Waals surface area contributed by atoms with Crippen molar-refractivity contribution >= 4 is 21.5 Å². The molecule has 0 saturated carbocycles. The summed E-state index contributed by atoms with van der Waals surface area (Å²) in [6.07, 6.45) is 1.03. The molecular weight excluding hydrogens is 324 g/mol. The smallest absolute Gasteiger partial charge is 0.00132 e. The van der Waals surface area contributed by atoms with E-state index in [0.29, 0.717) is 0 Å². The minimum Gasteiger partial charge on any atom is -0.0616 e. The maximum absolute atomic E-state index is 2.40. The molecule has 27 heavy (non-hydrogen) atoms. The number of rotatable bonds is 1. The largest absolute Gasteiger partial charge is 0.0616 e. The molecule has 0 amide bonds. The molecule has 5 aromatic rings. The van der Waals surface area contributed by atoms with Crippen LogP contribution < -0.4 is 0 Å². The Balaban J connectivity index is 1.62. The van der Waals surface area contributed by atoms with Gasteiger partial charge < -0.3 is 0 Å². The first-order chi connectivity index (χ1) is 13.4. The third-order valence-electron chi connectivity index (χ3n) is 5.88. The van der Waals surface area contributed by atoms with Crippen LogP contribution in [0.1, 0.15) is 11.1 Å². The quantitative estimate of drug-likeness (QED) is 0.296. The van der Waals surface area contributed by atoms with Crippen molar-refractivity contribution in [3.8, 4) is 22.3 Å². The molecule has 6 rings (SSSR count). The zero-order chi connectivity index (χ0) is 17.8. The average Bonchev–Trinajstić information content (AvgIpc) is 3.11. The Kier molecular flexibility index (Phi) is 3.04. The fraction of sp³-hybridized carbons (Fsp3) is 0.0370. The van der Waals surface area contributed by atoms with Gasteiger partial charge >= 0.3 is 0 Å². The maximum Gasteiger partial charge on any atom is -0.00132 e. The molecule has 0 saturated heterocycles. The fourth-order valence-electron chi connectivity index (χ4n) is 4.60. The summed E-state index contributed by atoms with van der Waals surface area (Å²) in [7, 11) is 0. The Hall–Kier alpha value is -3.38. The van der Waals surface area contributed by atoms with Gasteiger partial charge in [-0.3, -0.25) is 0 Å². The molecule has 0 radical (unpaired) electrons. The van der Waals surface area contributed by atoms with Crippen molar-refractivity contribution in [2.24, 2.45) is 0 Å². The van der Waals surface area contributed by atoms with Gasteiger partial charge in [-0.15, -0.1) is 0 Å². The molecule has 0 heterocycles. The van der Waals surface area contributed by atoms with Crippen LogP contribution in [0, 0.1) is 0 Å². The van der Waals surface area contributed by atoms with E-state index >= 15 is 0 Å². The van der Waals surface area contributed by atoms with Gasteiger partial charge in [-0.2, -0.15) is 0 Å². The molecule has 0 aromatic heterocycles. The predicted molar refractivity (Wildman–Crippen MR) is 115 cm³/mol. The molecule has 0 unspecified atom stereocenters. The topological polar surface area (TPSA) is 0 Å². The van der Waals surface area contributed by atoms with Gasteiger partial charge in [0.1, 0.15) is 0 Å². The second-order valence-electron chi connectivity index (χ2n) is 7.40. The van der Waals surface area contributed by atoms with Crippen LogP contribution in [0.4, 0.5) is 0 Å². The molecule has 0 spiro atoms. The molecule has 0 heteroatoms. The zero-order valence-corrected chi connectivity index (χ0v) is 14.9. The van der Waals surface area contributed by atoms with Gasteiger partial charge in [0.05, 0.1) is 0 Å². The van der Waals surface area contributed by atoms with Crippen LogP contribution in [-0.2, 0) is 6.42 Å². The maximum atomic E-state index is 2.40. The molecule has 0 atom stereocenters. The van der Waals surface area contributed by atoms with E-state index in [0.717, 1.165) is 6.42 Å². The second kappa shape index (κ2) is 5.56. The number of benzene rings is 5. The van der Waals surface area contributed by atoms with E-state index in [9.17, 15) is 0 Å². The van der Waals surface area contributed by atoms with Crippen molar-refractivity contribution in [2.45, 2.75) is 6.42 Å². The summed E-state index contributed by atoms with van der Waals surface area (Å²) in [5.74, 6) is 0. The van der Waals surface area contributed by atoms with E-state index in [2.05, 4.69) is 97.1 Å². The van der Waals surface area contributed by atoms with Crippen LogP contribution >= 0.6 is 0 Å². The van der Waals surface area contributed by atoms with Crippen molar-refractivity contribution in [2.75, 3.05) is 0 Å². The molecule has 0 nitrogen and oxygen atoms in total. The van der Waals surface area contributed by atoms with E-state index < -0.39 is 0 Å². The molecule has 0 bridgehead atoms. The summed E-state index contributed by atoms with van der Waals surface area (Å²) in [6.45, 7) is 0. The first kappa shape index (κ1) is 14.8. The van der Waals surface area contributed by atoms with Crippen molar-refractivity contribution in [3.05, 3.63) is 108 Å². The Morgan fingerprint density at radius 3 is 2.07 bits per heavy atom. The molecule has 126 valence electrons. The molecule has 1 aliphatic carbocycles. The minimum atomic E-state index is 1.03. The summed E-state index contributed by atoms with van der Waals surface area (Å²) in [5, 5.41) is 5.29. The van der Waals surface area contributed by atoms with Crippen LogP contribution in [0.25, 0.3) is 43.8 Å².